The minimum Gasteiger partial charge on any atom is -0.341 e. The van der Waals surface area contributed by atoms with Gasteiger partial charge in [-0.3, -0.25) is 9.59 Å². The molecule has 1 N–H and O–H groups in total. The molecule has 0 saturated carbocycles. The molecule has 0 fully saturated rings. The van der Waals surface area contributed by atoms with Gasteiger partial charge in [0.2, 0.25) is 5.91 Å². The molecule has 102 valence electrons. The fraction of sp³-hybridized carbons (Fsp3) is 0.467. The number of carbonyl (C=O) groups excluding carboxylic acids is 2. The second-order valence-electron chi connectivity index (χ2n) is 4.99. The Morgan fingerprint density at radius 3 is 2.79 bits per heavy atom. The summed E-state index contributed by atoms with van der Waals surface area (Å²) in [6, 6.07) is 5.33. The number of benzene rings is 1. The lowest BCUT2D eigenvalue weighted by atomic mass is 10.1. The summed E-state index contributed by atoms with van der Waals surface area (Å²) in [5, 5.41) is 2.75. The molecule has 4 nitrogen and oxygen atoms in total. The molecular weight excluding hydrogens is 240 g/mol. The molecule has 1 aliphatic heterocycles. The molecule has 0 aromatic heterocycles. The quantitative estimate of drug-likeness (QED) is 0.903. The molecule has 0 saturated heterocycles. The Kier molecular flexibility index (Phi) is 3.88. The van der Waals surface area contributed by atoms with Crippen molar-refractivity contribution in [3.8, 4) is 0 Å². The van der Waals surface area contributed by atoms with Gasteiger partial charge in [-0.2, -0.15) is 0 Å². The summed E-state index contributed by atoms with van der Waals surface area (Å²) in [5.41, 5.74) is 2.96. The van der Waals surface area contributed by atoms with E-state index < -0.39 is 6.04 Å². The van der Waals surface area contributed by atoms with Crippen molar-refractivity contribution in [1.29, 1.82) is 0 Å². The summed E-state index contributed by atoms with van der Waals surface area (Å²) in [7, 11) is 0. The van der Waals surface area contributed by atoms with Gasteiger partial charge < -0.3 is 10.2 Å². The van der Waals surface area contributed by atoms with E-state index in [4.69, 9.17) is 0 Å². The Morgan fingerprint density at radius 2 is 2.16 bits per heavy atom. The zero-order valence-electron chi connectivity index (χ0n) is 11.7. The highest BCUT2D eigenvalue weighted by molar-refractivity contribution is 6.06. The fourth-order valence-corrected chi connectivity index (χ4v) is 2.56. The van der Waals surface area contributed by atoms with Crippen LogP contribution in [-0.4, -0.2) is 18.4 Å². The van der Waals surface area contributed by atoms with Crippen LogP contribution in [0, 0.1) is 6.92 Å². The number of unbranched alkanes of at least 4 members (excludes halogenated alkanes) is 1. The highest BCUT2D eigenvalue weighted by Crippen LogP contribution is 2.38. The van der Waals surface area contributed by atoms with Crippen molar-refractivity contribution >= 4 is 17.5 Å². The van der Waals surface area contributed by atoms with Crippen LogP contribution < -0.4 is 10.2 Å². The lowest BCUT2D eigenvalue weighted by Gasteiger charge is -2.19. The van der Waals surface area contributed by atoms with E-state index in [9.17, 15) is 9.59 Å². The predicted octanol–water partition coefficient (Wildman–Crippen LogP) is 2.32. The maximum absolute atomic E-state index is 12.5. The highest BCUT2D eigenvalue weighted by Gasteiger charge is 2.38. The molecule has 4 heteroatoms. The standard InChI is InChI=1S/C15H20N2O2/c1-4-5-9-17-14-10(2)7-6-8-12(14)13(15(17)19)16-11(3)18/h6-8,13H,4-5,9H2,1-3H3,(H,16,18)/t13-/m1/s1. The SMILES string of the molecule is CCCCN1C(=O)[C@H](NC(C)=O)c2cccc(C)c21. The molecule has 0 bridgehead atoms. The summed E-state index contributed by atoms with van der Waals surface area (Å²) >= 11 is 0. The van der Waals surface area contributed by atoms with Crippen LogP contribution in [0.3, 0.4) is 0 Å². The van der Waals surface area contributed by atoms with Gasteiger partial charge in [-0.05, 0) is 18.9 Å². The number of fused-ring (bicyclic) bond motifs is 1. The van der Waals surface area contributed by atoms with Gasteiger partial charge in [-0.15, -0.1) is 0 Å². The largest absolute Gasteiger partial charge is 0.341 e. The summed E-state index contributed by atoms with van der Waals surface area (Å²) in [6.07, 6.45) is 2.00. The zero-order valence-corrected chi connectivity index (χ0v) is 11.7. The monoisotopic (exact) mass is 260 g/mol. The first-order chi connectivity index (χ1) is 9.06. The number of hydrogen-bond donors (Lipinski definition) is 1. The van der Waals surface area contributed by atoms with Crippen molar-refractivity contribution in [3.05, 3.63) is 29.3 Å². The summed E-state index contributed by atoms with van der Waals surface area (Å²) in [6.45, 7) is 6.26. The first kappa shape index (κ1) is 13.6. The van der Waals surface area contributed by atoms with Crippen molar-refractivity contribution in [2.24, 2.45) is 0 Å². The van der Waals surface area contributed by atoms with Crippen LogP contribution in [0.15, 0.2) is 18.2 Å². The molecule has 2 rings (SSSR count). The number of carbonyl (C=O) groups is 2. The molecule has 2 amide bonds. The van der Waals surface area contributed by atoms with E-state index in [0.29, 0.717) is 6.54 Å². The van der Waals surface area contributed by atoms with Gasteiger partial charge in [-0.25, -0.2) is 0 Å². The number of hydrogen-bond acceptors (Lipinski definition) is 2. The van der Waals surface area contributed by atoms with Gasteiger partial charge in [0.05, 0.1) is 5.69 Å². The average molecular weight is 260 g/mol. The number of nitrogens with one attached hydrogen (secondary N) is 1. The van der Waals surface area contributed by atoms with E-state index in [1.807, 2.05) is 30.0 Å². The van der Waals surface area contributed by atoms with Gasteiger partial charge in [-0.1, -0.05) is 31.5 Å². The Morgan fingerprint density at radius 1 is 1.42 bits per heavy atom. The molecule has 1 aromatic rings. The van der Waals surface area contributed by atoms with Gasteiger partial charge in [0.1, 0.15) is 6.04 Å². The Hall–Kier alpha value is -1.84. The van der Waals surface area contributed by atoms with Crippen LogP contribution in [0.1, 0.15) is 43.9 Å². The van der Waals surface area contributed by atoms with Crippen molar-refractivity contribution in [1.82, 2.24) is 5.32 Å². The van der Waals surface area contributed by atoms with E-state index in [2.05, 4.69) is 12.2 Å². The third-order valence-corrected chi connectivity index (χ3v) is 3.45. The molecular formula is C15H20N2O2. The van der Waals surface area contributed by atoms with Crippen molar-refractivity contribution < 1.29 is 9.59 Å². The van der Waals surface area contributed by atoms with Crippen LogP contribution in [0.2, 0.25) is 0 Å². The minimum absolute atomic E-state index is 0.0204. The molecule has 0 aliphatic carbocycles. The molecule has 1 atom stereocenters. The summed E-state index contributed by atoms with van der Waals surface area (Å²) in [5.74, 6) is -0.198. The molecule has 0 spiro atoms. The van der Waals surface area contributed by atoms with Crippen molar-refractivity contribution in [3.63, 3.8) is 0 Å². The predicted molar refractivity (Wildman–Crippen MR) is 75.0 cm³/mol. The van der Waals surface area contributed by atoms with Crippen LogP contribution in [0.4, 0.5) is 5.69 Å². The lowest BCUT2D eigenvalue weighted by Crippen LogP contribution is -2.37. The zero-order chi connectivity index (χ0) is 14.0. The van der Waals surface area contributed by atoms with Crippen molar-refractivity contribution in [2.45, 2.75) is 39.7 Å². The second kappa shape index (κ2) is 5.43. The third kappa shape index (κ3) is 2.48. The number of anilines is 1. The number of aryl methyl sites for hydroxylation is 1. The highest BCUT2D eigenvalue weighted by atomic mass is 16.2. The van der Waals surface area contributed by atoms with Crippen LogP contribution in [0.25, 0.3) is 0 Å². The van der Waals surface area contributed by atoms with E-state index in [0.717, 1.165) is 29.7 Å². The maximum Gasteiger partial charge on any atom is 0.254 e. The van der Waals surface area contributed by atoms with E-state index in [-0.39, 0.29) is 11.8 Å². The summed E-state index contributed by atoms with van der Waals surface area (Å²) < 4.78 is 0. The first-order valence-corrected chi connectivity index (χ1v) is 6.74. The molecule has 1 aliphatic rings. The molecule has 0 radical (unpaired) electrons. The average Bonchev–Trinajstić information content (AvgIpc) is 2.62. The molecule has 1 aromatic carbocycles. The van der Waals surface area contributed by atoms with Crippen molar-refractivity contribution in [2.75, 3.05) is 11.4 Å². The van der Waals surface area contributed by atoms with Crippen LogP contribution >= 0.6 is 0 Å². The van der Waals surface area contributed by atoms with Gasteiger partial charge >= 0.3 is 0 Å². The topological polar surface area (TPSA) is 49.4 Å². The van der Waals surface area contributed by atoms with E-state index in [1.165, 1.54) is 6.92 Å². The number of para-hydroxylation sites is 1. The van der Waals surface area contributed by atoms with E-state index >= 15 is 0 Å². The third-order valence-electron chi connectivity index (χ3n) is 3.45. The van der Waals surface area contributed by atoms with Gasteiger partial charge in [0.25, 0.3) is 5.91 Å². The normalized spacial score (nSPS) is 17.5. The number of rotatable bonds is 4. The molecule has 1 heterocycles. The van der Waals surface area contributed by atoms with Gasteiger partial charge in [0, 0.05) is 19.0 Å². The van der Waals surface area contributed by atoms with E-state index in [1.54, 1.807) is 0 Å². The minimum atomic E-state index is -0.524. The lowest BCUT2D eigenvalue weighted by molar-refractivity contribution is -0.126. The first-order valence-electron chi connectivity index (χ1n) is 6.74. The van der Waals surface area contributed by atoms with Crippen LogP contribution in [-0.2, 0) is 9.59 Å². The summed E-state index contributed by atoms with van der Waals surface area (Å²) in [4.78, 5) is 25.6. The Labute approximate surface area is 113 Å². The molecule has 0 unspecified atom stereocenters. The molecule has 19 heavy (non-hydrogen) atoms. The Balaban J connectivity index is 2.40. The number of amides is 2. The Bertz CT molecular complexity index is 511. The van der Waals surface area contributed by atoms with Gasteiger partial charge in [0.15, 0.2) is 0 Å². The fourth-order valence-electron chi connectivity index (χ4n) is 2.56. The smallest absolute Gasteiger partial charge is 0.254 e. The number of nitrogens with zero attached hydrogens (tertiary/aromatic N) is 1. The second-order valence-corrected chi connectivity index (χ2v) is 4.99. The maximum atomic E-state index is 12.5. The van der Waals surface area contributed by atoms with Crippen LogP contribution in [0.5, 0.6) is 0 Å².